The maximum atomic E-state index is 13.5. The molecule has 0 bridgehead atoms. The zero-order valence-corrected chi connectivity index (χ0v) is 22.2. The summed E-state index contributed by atoms with van der Waals surface area (Å²) in [6.07, 6.45) is -12.8. The first kappa shape index (κ1) is 33.8. The Balaban J connectivity index is 2.12. The van der Waals surface area contributed by atoms with Crippen molar-refractivity contribution >= 4 is 23.1 Å². The third kappa shape index (κ3) is 5.94. The molecule has 3 rings (SSSR count). The zero-order chi connectivity index (χ0) is 34.3. The Morgan fingerprint density at radius 1 is 0.533 bits per heavy atom. The Kier molecular flexibility index (Phi) is 9.13. The van der Waals surface area contributed by atoms with Crippen molar-refractivity contribution < 1.29 is 90.7 Å². The minimum Gasteiger partial charge on any atom is -0.504 e. The second-order valence-electron chi connectivity index (χ2n) is 9.58. The highest BCUT2D eigenvalue weighted by molar-refractivity contribution is 6.46. The van der Waals surface area contributed by atoms with Gasteiger partial charge in [0.2, 0.25) is 17.3 Å². The average molecular weight is 636 g/mol. The summed E-state index contributed by atoms with van der Waals surface area (Å²) in [5, 5.41) is 141. The lowest BCUT2D eigenvalue weighted by atomic mass is 9.76. The van der Waals surface area contributed by atoms with Gasteiger partial charge in [0, 0.05) is 16.7 Å². The zero-order valence-electron chi connectivity index (χ0n) is 22.2. The van der Waals surface area contributed by atoms with E-state index in [4.69, 9.17) is 0 Å². The molecule has 14 N–H and O–H groups in total. The van der Waals surface area contributed by atoms with Gasteiger partial charge < -0.3 is 71.5 Å². The molecule has 3 aromatic carbocycles. The standard InChI is InChI=1S/C27H24O18/c28-10-1-7(2-11(29)18(10)36)16(34)21(39)23(41)26(44)27(45,24(42)9-5-14(32)20(38)15(33)6-9)25(43)22(40)17(35)8-3-12(30)19(37)13(31)4-8/h1-6,21,23,25-26,28-33,36-39,41,43-45H. The Hall–Kier alpha value is -5.66. The van der Waals surface area contributed by atoms with Crippen LogP contribution in [0.5, 0.6) is 51.7 Å². The molecule has 0 spiro atoms. The molecular formula is C27H24O18. The van der Waals surface area contributed by atoms with E-state index in [-0.39, 0.29) is 0 Å². The van der Waals surface area contributed by atoms with Crippen molar-refractivity contribution in [3.05, 3.63) is 53.1 Å². The van der Waals surface area contributed by atoms with Crippen LogP contribution in [0, 0.1) is 0 Å². The van der Waals surface area contributed by atoms with Crippen LogP contribution in [0.25, 0.3) is 0 Å². The number of phenols is 9. The van der Waals surface area contributed by atoms with Gasteiger partial charge in [-0.1, -0.05) is 0 Å². The molecule has 18 nitrogen and oxygen atoms in total. The van der Waals surface area contributed by atoms with Crippen molar-refractivity contribution in [2.24, 2.45) is 0 Å². The van der Waals surface area contributed by atoms with E-state index in [1.165, 1.54) is 0 Å². The van der Waals surface area contributed by atoms with E-state index in [1.807, 2.05) is 0 Å². The molecule has 0 fully saturated rings. The van der Waals surface area contributed by atoms with Crippen LogP contribution in [0.4, 0.5) is 0 Å². The number of ketones is 4. The molecule has 18 heteroatoms. The summed E-state index contributed by atoms with van der Waals surface area (Å²) in [6.45, 7) is 0. The fraction of sp³-hybridized carbons (Fsp3) is 0.185. The van der Waals surface area contributed by atoms with E-state index in [2.05, 4.69) is 0 Å². The van der Waals surface area contributed by atoms with E-state index in [1.54, 1.807) is 0 Å². The molecule has 0 saturated heterocycles. The minimum atomic E-state index is -4.18. The molecule has 0 radical (unpaired) electrons. The number of benzene rings is 3. The molecule has 3 aromatic rings. The number of phenolic OH excluding ortho intramolecular Hbond substituents is 9. The molecule has 0 saturated carbocycles. The summed E-state index contributed by atoms with van der Waals surface area (Å²) in [5.41, 5.74) is -7.07. The number of Topliss-reactive ketones (excluding diaryl/α,β-unsaturated/α-hetero) is 4. The summed E-state index contributed by atoms with van der Waals surface area (Å²) in [7, 11) is 0. The molecule has 45 heavy (non-hydrogen) atoms. The van der Waals surface area contributed by atoms with Crippen molar-refractivity contribution in [1.82, 2.24) is 0 Å². The van der Waals surface area contributed by atoms with Crippen molar-refractivity contribution in [3.63, 3.8) is 0 Å². The van der Waals surface area contributed by atoms with Crippen LogP contribution in [-0.2, 0) is 4.79 Å². The van der Waals surface area contributed by atoms with Gasteiger partial charge in [-0.2, -0.15) is 0 Å². The first-order valence-electron chi connectivity index (χ1n) is 12.1. The highest BCUT2D eigenvalue weighted by Crippen LogP contribution is 2.39. The van der Waals surface area contributed by atoms with E-state index in [0.29, 0.717) is 36.4 Å². The number of hydrogen-bond acceptors (Lipinski definition) is 18. The monoisotopic (exact) mass is 636 g/mol. The van der Waals surface area contributed by atoms with Crippen molar-refractivity contribution in [2.45, 2.75) is 30.0 Å². The predicted octanol–water partition coefficient (Wildman–Crippen LogP) is -2.27. The highest BCUT2D eigenvalue weighted by atomic mass is 16.4. The van der Waals surface area contributed by atoms with E-state index in [9.17, 15) is 90.7 Å². The van der Waals surface area contributed by atoms with Gasteiger partial charge >= 0.3 is 0 Å². The minimum absolute atomic E-state index is 0.333. The lowest BCUT2D eigenvalue weighted by Gasteiger charge is -2.37. The SMILES string of the molecule is O=C(C(=O)C(O)C(O)(C(=O)c1cc(O)c(O)c(O)c1)C(O)C(O)C(O)C(=O)c1cc(O)c(O)c(O)c1)c1cc(O)c(O)c(O)c1. The average Bonchev–Trinajstić information content (AvgIpc) is 3.00. The van der Waals surface area contributed by atoms with Gasteiger partial charge in [-0.15, -0.1) is 0 Å². The molecule has 0 aliphatic rings. The number of rotatable bonds is 11. The number of carbonyl (C=O) groups excluding carboxylic acids is 4. The lowest BCUT2D eigenvalue weighted by Crippen LogP contribution is -2.66. The second kappa shape index (κ2) is 12.1. The molecule has 0 aromatic heterocycles. The van der Waals surface area contributed by atoms with Crippen LogP contribution in [0.1, 0.15) is 31.1 Å². The number of hydrogen-bond donors (Lipinski definition) is 14. The lowest BCUT2D eigenvalue weighted by molar-refractivity contribution is -0.170. The number of aliphatic hydroxyl groups excluding tert-OH is 4. The molecule has 0 amide bonds. The molecule has 0 heterocycles. The third-order valence-electron chi connectivity index (χ3n) is 6.64. The Morgan fingerprint density at radius 3 is 1.24 bits per heavy atom. The van der Waals surface area contributed by atoms with Crippen LogP contribution in [-0.4, -0.2) is 125 Å². The van der Waals surface area contributed by atoms with E-state index < -0.39 is 122 Å². The summed E-state index contributed by atoms with van der Waals surface area (Å²) in [5.74, 6) is -18.2. The summed E-state index contributed by atoms with van der Waals surface area (Å²) in [4.78, 5) is 52.0. The Morgan fingerprint density at radius 2 is 0.867 bits per heavy atom. The molecule has 5 unspecified atom stereocenters. The largest absolute Gasteiger partial charge is 0.504 e. The van der Waals surface area contributed by atoms with Gasteiger partial charge in [0.05, 0.1) is 0 Å². The first-order chi connectivity index (χ1) is 20.7. The van der Waals surface area contributed by atoms with Crippen LogP contribution in [0.15, 0.2) is 36.4 Å². The fourth-order valence-electron chi connectivity index (χ4n) is 4.09. The first-order valence-corrected chi connectivity index (χ1v) is 12.1. The normalized spacial score (nSPS) is 15.3. The van der Waals surface area contributed by atoms with Gasteiger partial charge in [-0.25, -0.2) is 0 Å². The van der Waals surface area contributed by atoms with Gasteiger partial charge in [0.1, 0.15) is 18.3 Å². The van der Waals surface area contributed by atoms with Crippen LogP contribution >= 0.6 is 0 Å². The summed E-state index contributed by atoms with van der Waals surface area (Å²) < 4.78 is 0. The number of carbonyl (C=O) groups is 4. The Labute approximate surface area is 249 Å². The van der Waals surface area contributed by atoms with Gasteiger partial charge in [-0.05, 0) is 36.4 Å². The highest BCUT2D eigenvalue weighted by Gasteiger charge is 2.57. The topological polar surface area (TPSA) is 352 Å². The maximum absolute atomic E-state index is 13.5. The number of aliphatic hydroxyl groups is 5. The number of aromatic hydroxyl groups is 9. The Bertz CT molecular complexity index is 1640. The summed E-state index contributed by atoms with van der Waals surface area (Å²) in [6, 6.07) is 2.46. The fourth-order valence-corrected chi connectivity index (χ4v) is 4.09. The van der Waals surface area contributed by atoms with Crippen LogP contribution < -0.4 is 0 Å². The maximum Gasteiger partial charge on any atom is 0.235 e. The van der Waals surface area contributed by atoms with Crippen molar-refractivity contribution in [2.75, 3.05) is 0 Å². The molecule has 0 aliphatic heterocycles. The van der Waals surface area contributed by atoms with Crippen molar-refractivity contribution in [3.8, 4) is 51.7 Å². The second-order valence-corrected chi connectivity index (χ2v) is 9.58. The molecule has 5 atom stereocenters. The predicted molar refractivity (Wildman–Crippen MR) is 141 cm³/mol. The van der Waals surface area contributed by atoms with E-state index in [0.717, 1.165) is 0 Å². The molecule has 0 aliphatic carbocycles. The quantitative estimate of drug-likeness (QED) is 0.0599. The van der Waals surface area contributed by atoms with Gasteiger partial charge in [-0.3, -0.25) is 19.2 Å². The molecule has 240 valence electrons. The molecular weight excluding hydrogens is 612 g/mol. The van der Waals surface area contributed by atoms with Crippen LogP contribution in [0.3, 0.4) is 0 Å². The van der Waals surface area contributed by atoms with Crippen molar-refractivity contribution in [1.29, 1.82) is 0 Å². The van der Waals surface area contributed by atoms with E-state index >= 15 is 0 Å². The smallest absolute Gasteiger partial charge is 0.235 e. The summed E-state index contributed by atoms with van der Waals surface area (Å²) >= 11 is 0. The third-order valence-corrected chi connectivity index (χ3v) is 6.64. The van der Waals surface area contributed by atoms with Crippen LogP contribution in [0.2, 0.25) is 0 Å². The van der Waals surface area contributed by atoms with Gasteiger partial charge in [0.25, 0.3) is 0 Å². The van der Waals surface area contributed by atoms with Gasteiger partial charge in [0.15, 0.2) is 69.2 Å².